The number of sulfonamides is 1. The van der Waals surface area contributed by atoms with Crippen LogP contribution in [-0.2, 0) is 16.6 Å². The molecular formula is C18H24N4O3S. The highest BCUT2D eigenvalue weighted by molar-refractivity contribution is 7.89. The molecule has 1 aromatic heterocycles. The van der Waals surface area contributed by atoms with E-state index in [-0.39, 0.29) is 16.2 Å². The van der Waals surface area contributed by atoms with Crippen molar-refractivity contribution in [1.29, 1.82) is 0 Å². The number of nitrogens with zero attached hydrogens (tertiary/aromatic N) is 2. The van der Waals surface area contributed by atoms with E-state index < -0.39 is 10.0 Å². The largest absolute Gasteiger partial charge is 0.355 e. The lowest BCUT2D eigenvalue weighted by Gasteiger charge is -2.17. The van der Waals surface area contributed by atoms with E-state index in [1.807, 2.05) is 24.6 Å². The Labute approximate surface area is 153 Å². The third kappa shape index (κ3) is 3.96. The number of benzene rings is 1. The highest BCUT2D eigenvalue weighted by Gasteiger charge is 2.44. The molecule has 0 atom stereocenters. The van der Waals surface area contributed by atoms with Crippen molar-refractivity contribution in [1.82, 2.24) is 19.8 Å². The van der Waals surface area contributed by atoms with Gasteiger partial charge in [-0.1, -0.05) is 0 Å². The third-order valence-corrected chi connectivity index (χ3v) is 6.25. The summed E-state index contributed by atoms with van der Waals surface area (Å²) in [5.41, 5.74) is 2.41. The van der Waals surface area contributed by atoms with Gasteiger partial charge in [0.15, 0.2) is 0 Å². The molecule has 2 N–H and O–H groups in total. The van der Waals surface area contributed by atoms with E-state index in [0.717, 1.165) is 24.2 Å². The first-order chi connectivity index (χ1) is 12.2. The van der Waals surface area contributed by atoms with Crippen LogP contribution < -0.4 is 10.0 Å². The normalized spacial score (nSPS) is 15.7. The first kappa shape index (κ1) is 18.6. The van der Waals surface area contributed by atoms with Gasteiger partial charge in [-0.15, -0.1) is 0 Å². The molecule has 140 valence electrons. The number of carbonyl (C=O) groups excluding carboxylic acids is 1. The topological polar surface area (TPSA) is 93.1 Å². The molecule has 1 aromatic carbocycles. The number of rotatable bonds is 7. The molecule has 1 amide bonds. The SMILES string of the molecule is CNC(=O)c1ccc(S(=O)(=O)NCC2(Cn3nc(C)cc3C)CC2)cc1. The molecule has 0 spiro atoms. The van der Waals surface area contributed by atoms with Crippen LogP contribution >= 0.6 is 0 Å². The van der Waals surface area contributed by atoms with Crippen LogP contribution in [0.3, 0.4) is 0 Å². The van der Waals surface area contributed by atoms with Gasteiger partial charge in [-0.05, 0) is 57.0 Å². The smallest absolute Gasteiger partial charge is 0.251 e. The predicted molar refractivity (Wildman–Crippen MR) is 98.4 cm³/mol. The fourth-order valence-electron chi connectivity index (χ4n) is 2.98. The van der Waals surface area contributed by atoms with Crippen molar-refractivity contribution < 1.29 is 13.2 Å². The molecule has 3 rings (SSSR count). The summed E-state index contributed by atoms with van der Waals surface area (Å²) in [5, 5.41) is 6.98. The molecule has 0 bridgehead atoms. The Bertz CT molecular complexity index is 912. The quantitative estimate of drug-likeness (QED) is 0.768. The lowest BCUT2D eigenvalue weighted by molar-refractivity contribution is 0.0963. The maximum Gasteiger partial charge on any atom is 0.251 e. The van der Waals surface area contributed by atoms with Gasteiger partial charge in [-0.25, -0.2) is 13.1 Å². The van der Waals surface area contributed by atoms with Gasteiger partial charge in [0.05, 0.1) is 10.6 Å². The number of aryl methyl sites for hydroxylation is 2. The Hall–Kier alpha value is -2.19. The number of aromatic nitrogens is 2. The van der Waals surface area contributed by atoms with Crippen molar-refractivity contribution in [2.75, 3.05) is 13.6 Å². The van der Waals surface area contributed by atoms with E-state index in [4.69, 9.17) is 0 Å². The summed E-state index contributed by atoms with van der Waals surface area (Å²) in [6, 6.07) is 7.95. The van der Waals surface area contributed by atoms with Crippen molar-refractivity contribution in [2.24, 2.45) is 5.41 Å². The molecule has 1 saturated carbocycles. The van der Waals surface area contributed by atoms with Gasteiger partial charge in [0.25, 0.3) is 5.91 Å². The van der Waals surface area contributed by atoms with E-state index in [1.165, 1.54) is 31.3 Å². The van der Waals surface area contributed by atoms with Crippen LogP contribution in [0.2, 0.25) is 0 Å². The van der Waals surface area contributed by atoms with Crippen molar-refractivity contribution in [3.8, 4) is 0 Å². The zero-order valence-corrected chi connectivity index (χ0v) is 16.1. The Morgan fingerprint density at radius 1 is 1.23 bits per heavy atom. The van der Waals surface area contributed by atoms with Crippen LogP contribution in [0.1, 0.15) is 34.6 Å². The summed E-state index contributed by atoms with van der Waals surface area (Å²) in [7, 11) is -2.08. The highest BCUT2D eigenvalue weighted by Crippen LogP contribution is 2.46. The van der Waals surface area contributed by atoms with Crippen LogP contribution in [0.25, 0.3) is 0 Å². The molecule has 7 nitrogen and oxygen atoms in total. The van der Waals surface area contributed by atoms with Crippen LogP contribution in [0.4, 0.5) is 0 Å². The monoisotopic (exact) mass is 376 g/mol. The van der Waals surface area contributed by atoms with Gasteiger partial charge in [-0.2, -0.15) is 5.10 Å². The molecule has 0 radical (unpaired) electrons. The van der Waals surface area contributed by atoms with Crippen LogP contribution in [-0.4, -0.2) is 37.7 Å². The number of amides is 1. The molecule has 8 heteroatoms. The second kappa shape index (κ2) is 6.85. The van der Waals surface area contributed by atoms with Gasteiger partial charge in [0.2, 0.25) is 10.0 Å². The Balaban J connectivity index is 1.66. The first-order valence-corrected chi connectivity index (χ1v) is 10.1. The number of nitrogens with one attached hydrogen (secondary N) is 2. The number of carbonyl (C=O) groups is 1. The van der Waals surface area contributed by atoms with Crippen molar-refractivity contribution in [3.63, 3.8) is 0 Å². The second-order valence-electron chi connectivity index (χ2n) is 7.01. The average Bonchev–Trinajstić information content (AvgIpc) is 3.31. The van der Waals surface area contributed by atoms with Crippen LogP contribution in [0, 0.1) is 19.3 Å². The maximum atomic E-state index is 12.5. The van der Waals surface area contributed by atoms with E-state index in [2.05, 4.69) is 15.1 Å². The first-order valence-electron chi connectivity index (χ1n) is 8.58. The zero-order chi connectivity index (χ0) is 18.9. The fourth-order valence-corrected chi connectivity index (χ4v) is 4.14. The Morgan fingerprint density at radius 3 is 2.38 bits per heavy atom. The zero-order valence-electron chi connectivity index (χ0n) is 15.2. The molecule has 0 saturated heterocycles. The maximum absolute atomic E-state index is 12.5. The molecular weight excluding hydrogens is 352 g/mol. The van der Waals surface area contributed by atoms with Crippen molar-refractivity contribution in [3.05, 3.63) is 47.3 Å². The summed E-state index contributed by atoms with van der Waals surface area (Å²) in [6.07, 6.45) is 1.95. The second-order valence-corrected chi connectivity index (χ2v) is 8.78. The summed E-state index contributed by atoms with van der Waals surface area (Å²) in [4.78, 5) is 11.7. The minimum atomic E-state index is -3.61. The van der Waals surface area contributed by atoms with Gasteiger partial charge in [0, 0.05) is 36.8 Å². The summed E-state index contributed by atoms with van der Waals surface area (Å²) in [5.74, 6) is -0.247. The molecule has 26 heavy (non-hydrogen) atoms. The molecule has 1 fully saturated rings. The lowest BCUT2D eigenvalue weighted by Crippen LogP contribution is -2.32. The summed E-state index contributed by atoms with van der Waals surface area (Å²) >= 11 is 0. The van der Waals surface area contributed by atoms with Crippen LogP contribution in [0.5, 0.6) is 0 Å². The van der Waals surface area contributed by atoms with Gasteiger partial charge < -0.3 is 5.32 Å². The molecule has 1 aliphatic rings. The standard InChI is InChI=1S/C18H24N4O3S/c1-13-10-14(2)22(21-13)12-18(8-9-18)11-20-26(24,25)16-6-4-15(5-7-16)17(23)19-3/h4-7,10,20H,8-9,11-12H2,1-3H3,(H,19,23). The van der Waals surface area contributed by atoms with Crippen LogP contribution in [0.15, 0.2) is 35.2 Å². The van der Waals surface area contributed by atoms with Crippen molar-refractivity contribution >= 4 is 15.9 Å². The van der Waals surface area contributed by atoms with Crippen molar-refractivity contribution in [2.45, 2.75) is 38.1 Å². The minimum absolute atomic E-state index is 0.0711. The summed E-state index contributed by atoms with van der Waals surface area (Å²) in [6.45, 7) is 5.05. The molecule has 2 aromatic rings. The van der Waals surface area contributed by atoms with E-state index >= 15 is 0 Å². The number of hydrogen-bond donors (Lipinski definition) is 2. The predicted octanol–water partition coefficient (Wildman–Crippen LogP) is 1.62. The highest BCUT2D eigenvalue weighted by atomic mass is 32.2. The Kier molecular flexibility index (Phi) is 4.90. The summed E-state index contributed by atoms with van der Waals surface area (Å²) < 4.78 is 29.8. The van der Waals surface area contributed by atoms with E-state index in [9.17, 15) is 13.2 Å². The van der Waals surface area contributed by atoms with Gasteiger partial charge >= 0.3 is 0 Å². The van der Waals surface area contributed by atoms with E-state index in [0.29, 0.717) is 18.7 Å². The average molecular weight is 376 g/mol. The minimum Gasteiger partial charge on any atom is -0.355 e. The number of hydrogen-bond acceptors (Lipinski definition) is 4. The fraction of sp³-hybridized carbons (Fsp3) is 0.444. The van der Waals surface area contributed by atoms with Gasteiger partial charge in [0.1, 0.15) is 0 Å². The molecule has 1 heterocycles. The Morgan fingerprint density at radius 2 is 1.88 bits per heavy atom. The molecule has 0 aliphatic heterocycles. The molecule has 1 aliphatic carbocycles. The third-order valence-electron chi connectivity index (χ3n) is 4.84. The molecule has 0 unspecified atom stereocenters. The lowest BCUT2D eigenvalue weighted by atomic mass is 10.1. The van der Waals surface area contributed by atoms with E-state index in [1.54, 1.807) is 0 Å². The van der Waals surface area contributed by atoms with Gasteiger partial charge in [-0.3, -0.25) is 9.48 Å².